The summed E-state index contributed by atoms with van der Waals surface area (Å²) >= 11 is 0. The first-order valence-electron chi connectivity index (χ1n) is 4.40. The Morgan fingerprint density at radius 1 is 1.57 bits per heavy atom. The lowest BCUT2D eigenvalue weighted by atomic mass is 10.1. The second-order valence-corrected chi connectivity index (χ2v) is 2.82. The van der Waals surface area contributed by atoms with Crippen LogP contribution >= 0.6 is 0 Å². The van der Waals surface area contributed by atoms with Gasteiger partial charge in [0.25, 0.3) is 0 Å². The van der Waals surface area contributed by atoms with Crippen LogP contribution < -0.4 is 11.1 Å². The van der Waals surface area contributed by atoms with Crippen molar-refractivity contribution in [1.82, 2.24) is 0 Å². The Morgan fingerprint density at radius 3 is 2.86 bits per heavy atom. The van der Waals surface area contributed by atoms with Gasteiger partial charge in [-0.05, 0) is 25.1 Å². The highest BCUT2D eigenvalue weighted by molar-refractivity contribution is 5.91. The molecule has 0 spiro atoms. The highest BCUT2D eigenvalue weighted by Gasteiger charge is 2.07. The maximum absolute atomic E-state index is 11.2. The number of nitrogen functional groups attached to an aromatic ring is 1. The Kier molecular flexibility index (Phi) is 3.34. The number of hydrogen-bond donors (Lipinski definition) is 2. The van der Waals surface area contributed by atoms with Gasteiger partial charge in [0, 0.05) is 6.54 Å². The molecule has 1 aromatic carbocycles. The minimum atomic E-state index is -0.357. The van der Waals surface area contributed by atoms with Crippen LogP contribution in [-0.2, 0) is 4.74 Å². The molecule has 76 valence electrons. The summed E-state index contributed by atoms with van der Waals surface area (Å²) in [6.45, 7) is 2.72. The minimum absolute atomic E-state index is 0.357. The van der Waals surface area contributed by atoms with E-state index in [1.165, 1.54) is 7.11 Å². The van der Waals surface area contributed by atoms with E-state index in [0.717, 1.165) is 12.2 Å². The van der Waals surface area contributed by atoms with Crippen LogP contribution in [0.3, 0.4) is 0 Å². The van der Waals surface area contributed by atoms with Gasteiger partial charge in [0.2, 0.25) is 0 Å². The second-order valence-electron chi connectivity index (χ2n) is 2.82. The first-order valence-corrected chi connectivity index (χ1v) is 4.40. The second kappa shape index (κ2) is 4.50. The smallest absolute Gasteiger partial charge is 0.337 e. The van der Waals surface area contributed by atoms with E-state index in [4.69, 9.17) is 5.73 Å². The van der Waals surface area contributed by atoms with Gasteiger partial charge in [-0.15, -0.1) is 0 Å². The summed E-state index contributed by atoms with van der Waals surface area (Å²) in [5.41, 5.74) is 7.58. The predicted molar refractivity (Wildman–Crippen MR) is 56.4 cm³/mol. The SMILES string of the molecule is CCNc1cc(C(=O)OC)ccc1N. The molecule has 0 saturated heterocycles. The molecule has 0 radical (unpaired) electrons. The molecular weight excluding hydrogens is 180 g/mol. The molecule has 3 N–H and O–H groups in total. The summed E-state index contributed by atoms with van der Waals surface area (Å²) in [5.74, 6) is -0.357. The average Bonchev–Trinajstić information content (AvgIpc) is 2.20. The van der Waals surface area contributed by atoms with E-state index in [2.05, 4.69) is 10.1 Å². The molecule has 0 aliphatic carbocycles. The third-order valence-electron chi connectivity index (χ3n) is 1.84. The third kappa shape index (κ3) is 2.16. The van der Waals surface area contributed by atoms with Crippen LogP contribution in [0.5, 0.6) is 0 Å². The zero-order chi connectivity index (χ0) is 10.6. The highest BCUT2D eigenvalue weighted by Crippen LogP contribution is 2.20. The number of nitrogens with two attached hydrogens (primary N) is 1. The van der Waals surface area contributed by atoms with E-state index >= 15 is 0 Å². The van der Waals surface area contributed by atoms with Gasteiger partial charge < -0.3 is 15.8 Å². The van der Waals surface area contributed by atoms with Crippen molar-refractivity contribution in [1.29, 1.82) is 0 Å². The molecular formula is C10H14N2O2. The number of ether oxygens (including phenoxy) is 1. The molecule has 0 saturated carbocycles. The summed E-state index contributed by atoms with van der Waals surface area (Å²) in [7, 11) is 1.35. The van der Waals surface area contributed by atoms with Gasteiger partial charge in [-0.25, -0.2) is 4.79 Å². The first kappa shape index (κ1) is 10.4. The van der Waals surface area contributed by atoms with Crippen molar-refractivity contribution < 1.29 is 9.53 Å². The van der Waals surface area contributed by atoms with Crippen LogP contribution in [0.15, 0.2) is 18.2 Å². The van der Waals surface area contributed by atoms with E-state index in [-0.39, 0.29) is 5.97 Å². The fraction of sp³-hybridized carbons (Fsp3) is 0.300. The number of rotatable bonds is 3. The number of benzene rings is 1. The largest absolute Gasteiger partial charge is 0.465 e. The van der Waals surface area contributed by atoms with Crippen molar-refractivity contribution in [2.24, 2.45) is 0 Å². The van der Waals surface area contributed by atoms with Gasteiger partial charge in [0.15, 0.2) is 0 Å². The summed E-state index contributed by atoms with van der Waals surface area (Å²) in [6.07, 6.45) is 0. The van der Waals surface area contributed by atoms with E-state index in [9.17, 15) is 4.79 Å². The van der Waals surface area contributed by atoms with E-state index in [0.29, 0.717) is 11.3 Å². The molecule has 0 atom stereocenters. The topological polar surface area (TPSA) is 64.3 Å². The fourth-order valence-corrected chi connectivity index (χ4v) is 1.14. The Labute approximate surface area is 83.1 Å². The van der Waals surface area contributed by atoms with Crippen molar-refractivity contribution >= 4 is 17.3 Å². The van der Waals surface area contributed by atoms with E-state index in [1.54, 1.807) is 18.2 Å². The lowest BCUT2D eigenvalue weighted by Crippen LogP contribution is -2.05. The summed E-state index contributed by atoms with van der Waals surface area (Å²) < 4.78 is 4.60. The van der Waals surface area contributed by atoms with Gasteiger partial charge >= 0.3 is 5.97 Å². The lowest BCUT2D eigenvalue weighted by Gasteiger charge is -2.08. The number of carbonyl (C=O) groups excluding carboxylic acids is 1. The van der Waals surface area contributed by atoms with Gasteiger partial charge in [-0.1, -0.05) is 0 Å². The van der Waals surface area contributed by atoms with Crippen LogP contribution in [0.1, 0.15) is 17.3 Å². The van der Waals surface area contributed by atoms with Gasteiger partial charge in [0.1, 0.15) is 0 Å². The summed E-state index contributed by atoms with van der Waals surface area (Å²) in [4.78, 5) is 11.2. The van der Waals surface area contributed by atoms with Crippen molar-refractivity contribution in [2.75, 3.05) is 24.7 Å². The van der Waals surface area contributed by atoms with Gasteiger partial charge in [-0.3, -0.25) is 0 Å². The van der Waals surface area contributed by atoms with Crippen LogP contribution in [0.4, 0.5) is 11.4 Å². The fourth-order valence-electron chi connectivity index (χ4n) is 1.14. The Hall–Kier alpha value is -1.71. The summed E-state index contributed by atoms with van der Waals surface area (Å²) in [5, 5.41) is 3.06. The number of nitrogens with one attached hydrogen (secondary N) is 1. The molecule has 0 amide bonds. The molecule has 0 aliphatic rings. The molecule has 4 heteroatoms. The quantitative estimate of drug-likeness (QED) is 0.565. The molecule has 14 heavy (non-hydrogen) atoms. The number of carbonyl (C=O) groups is 1. The van der Waals surface area contributed by atoms with Crippen LogP contribution in [0.25, 0.3) is 0 Å². The lowest BCUT2D eigenvalue weighted by molar-refractivity contribution is 0.0601. The van der Waals surface area contributed by atoms with Crippen LogP contribution in [0, 0.1) is 0 Å². The Morgan fingerprint density at radius 2 is 2.29 bits per heavy atom. The van der Waals surface area contributed by atoms with Crippen LogP contribution in [0.2, 0.25) is 0 Å². The zero-order valence-corrected chi connectivity index (χ0v) is 8.33. The monoisotopic (exact) mass is 194 g/mol. The summed E-state index contributed by atoms with van der Waals surface area (Å²) in [6, 6.07) is 5.01. The maximum Gasteiger partial charge on any atom is 0.337 e. The normalized spacial score (nSPS) is 9.57. The average molecular weight is 194 g/mol. The standard InChI is InChI=1S/C10H14N2O2/c1-3-12-9-6-7(10(13)14-2)4-5-8(9)11/h4-6,12H,3,11H2,1-2H3. The predicted octanol–water partition coefficient (Wildman–Crippen LogP) is 1.49. The van der Waals surface area contributed by atoms with E-state index < -0.39 is 0 Å². The zero-order valence-electron chi connectivity index (χ0n) is 8.33. The minimum Gasteiger partial charge on any atom is -0.465 e. The molecule has 1 aromatic rings. The Balaban J connectivity index is 2.99. The van der Waals surface area contributed by atoms with Crippen molar-refractivity contribution in [3.8, 4) is 0 Å². The first-order chi connectivity index (χ1) is 6.69. The highest BCUT2D eigenvalue weighted by atomic mass is 16.5. The number of methoxy groups -OCH3 is 1. The van der Waals surface area contributed by atoms with Crippen molar-refractivity contribution in [2.45, 2.75) is 6.92 Å². The molecule has 0 aromatic heterocycles. The molecule has 0 unspecified atom stereocenters. The third-order valence-corrected chi connectivity index (χ3v) is 1.84. The van der Waals surface area contributed by atoms with Gasteiger partial charge in [0.05, 0.1) is 24.0 Å². The van der Waals surface area contributed by atoms with E-state index in [1.807, 2.05) is 6.92 Å². The molecule has 0 aliphatic heterocycles. The Bertz CT molecular complexity index is 337. The molecule has 0 fully saturated rings. The number of hydrogen-bond acceptors (Lipinski definition) is 4. The molecule has 1 rings (SSSR count). The van der Waals surface area contributed by atoms with Gasteiger partial charge in [-0.2, -0.15) is 0 Å². The number of anilines is 2. The van der Waals surface area contributed by atoms with Crippen molar-refractivity contribution in [3.05, 3.63) is 23.8 Å². The molecule has 0 heterocycles. The van der Waals surface area contributed by atoms with Crippen LogP contribution in [-0.4, -0.2) is 19.6 Å². The molecule has 0 bridgehead atoms. The maximum atomic E-state index is 11.2. The van der Waals surface area contributed by atoms with Crippen molar-refractivity contribution in [3.63, 3.8) is 0 Å². The number of esters is 1. The molecule has 4 nitrogen and oxygen atoms in total.